The van der Waals surface area contributed by atoms with Crippen molar-refractivity contribution in [3.05, 3.63) is 48.6 Å². The van der Waals surface area contributed by atoms with E-state index >= 15 is 0 Å². The minimum atomic E-state index is -0.805. The third-order valence-electron chi connectivity index (χ3n) is 4.60. The van der Waals surface area contributed by atoms with E-state index in [1.54, 1.807) is 12.2 Å². The maximum atomic E-state index is 12.1. The van der Waals surface area contributed by atoms with Crippen LogP contribution >= 0.6 is 0 Å². The zero-order valence-electron chi connectivity index (χ0n) is 16.0. The molecule has 0 amide bonds. The van der Waals surface area contributed by atoms with Gasteiger partial charge in [0.1, 0.15) is 5.78 Å². The van der Waals surface area contributed by atoms with Crippen LogP contribution in [0.1, 0.15) is 51.9 Å². The molecule has 1 fully saturated rings. The van der Waals surface area contributed by atoms with Crippen LogP contribution in [0.3, 0.4) is 0 Å². The van der Waals surface area contributed by atoms with E-state index in [0.717, 1.165) is 6.42 Å². The van der Waals surface area contributed by atoms with Crippen molar-refractivity contribution >= 4 is 11.8 Å². The van der Waals surface area contributed by atoms with Gasteiger partial charge in [0.2, 0.25) is 0 Å². The number of ketones is 1. The van der Waals surface area contributed by atoms with Crippen molar-refractivity contribution in [3.63, 3.8) is 0 Å². The number of carbonyl (C=O) groups excluding carboxylic acids is 1. The molecule has 0 aromatic heterocycles. The van der Waals surface area contributed by atoms with Gasteiger partial charge in [0.15, 0.2) is 0 Å². The molecule has 150 valence electrons. The molecule has 0 unspecified atom stereocenters. The molecule has 0 radical (unpaired) electrons. The molecule has 0 bridgehead atoms. The summed E-state index contributed by atoms with van der Waals surface area (Å²) in [6.07, 6.45) is 17.2. The first-order valence-electron chi connectivity index (χ1n) is 9.69. The topological polar surface area (TPSA) is 94.8 Å². The van der Waals surface area contributed by atoms with Crippen LogP contribution in [0.2, 0.25) is 0 Å². The molecule has 0 aromatic carbocycles. The van der Waals surface area contributed by atoms with Gasteiger partial charge in [-0.2, -0.15) is 0 Å². The number of aliphatic hydroxyl groups excluding tert-OH is 2. The molecule has 4 atom stereocenters. The highest BCUT2D eigenvalue weighted by atomic mass is 16.4. The lowest BCUT2D eigenvalue weighted by Crippen LogP contribution is -2.19. The molecular weight excluding hydrogens is 344 g/mol. The number of aliphatic carboxylic acids is 1. The van der Waals surface area contributed by atoms with Gasteiger partial charge in [0, 0.05) is 24.7 Å². The first kappa shape index (κ1) is 23.1. The molecule has 0 spiro atoms. The SMILES string of the molecule is CC/C=C\C[C@H](O)/C=C/[C@H]1C(=O)C[C@@H](O)[C@H]1C/C=C\C/C=C\CCC(=O)O. The summed E-state index contributed by atoms with van der Waals surface area (Å²) in [5.41, 5.74) is 0. The van der Waals surface area contributed by atoms with Crippen LogP contribution in [0.25, 0.3) is 0 Å². The highest BCUT2D eigenvalue weighted by Crippen LogP contribution is 2.33. The number of allylic oxidation sites excluding steroid dienone is 6. The Hall–Kier alpha value is -1.98. The van der Waals surface area contributed by atoms with Crippen LogP contribution in [-0.2, 0) is 9.59 Å². The number of carbonyl (C=O) groups is 2. The number of rotatable bonds is 12. The van der Waals surface area contributed by atoms with Crippen LogP contribution in [0.5, 0.6) is 0 Å². The third kappa shape index (κ3) is 9.50. The van der Waals surface area contributed by atoms with E-state index in [9.17, 15) is 19.8 Å². The fraction of sp³-hybridized carbons (Fsp3) is 0.545. The van der Waals surface area contributed by atoms with Crippen molar-refractivity contribution in [2.45, 2.75) is 64.1 Å². The molecule has 0 aliphatic heterocycles. The summed E-state index contributed by atoms with van der Waals surface area (Å²) in [5, 5.41) is 28.7. The summed E-state index contributed by atoms with van der Waals surface area (Å²) in [6, 6.07) is 0. The van der Waals surface area contributed by atoms with E-state index in [0.29, 0.717) is 25.7 Å². The molecule has 0 aromatic rings. The Labute approximate surface area is 161 Å². The van der Waals surface area contributed by atoms with Gasteiger partial charge < -0.3 is 15.3 Å². The molecule has 1 aliphatic carbocycles. The minimum Gasteiger partial charge on any atom is -0.481 e. The molecule has 5 nitrogen and oxygen atoms in total. The number of carboxylic acids is 1. The van der Waals surface area contributed by atoms with Crippen LogP contribution in [0.4, 0.5) is 0 Å². The monoisotopic (exact) mass is 376 g/mol. The minimum absolute atomic E-state index is 0.0158. The summed E-state index contributed by atoms with van der Waals surface area (Å²) >= 11 is 0. The maximum absolute atomic E-state index is 12.1. The van der Waals surface area contributed by atoms with Crippen LogP contribution in [0, 0.1) is 11.8 Å². The largest absolute Gasteiger partial charge is 0.481 e. The van der Waals surface area contributed by atoms with Crippen molar-refractivity contribution in [3.8, 4) is 0 Å². The first-order valence-corrected chi connectivity index (χ1v) is 9.69. The smallest absolute Gasteiger partial charge is 0.303 e. The fourth-order valence-electron chi connectivity index (χ4n) is 3.10. The maximum Gasteiger partial charge on any atom is 0.303 e. The third-order valence-corrected chi connectivity index (χ3v) is 4.60. The highest BCUT2D eigenvalue weighted by Gasteiger charge is 2.39. The molecule has 0 heterocycles. The number of aliphatic hydroxyl groups is 2. The van der Waals surface area contributed by atoms with Crippen molar-refractivity contribution in [1.82, 2.24) is 0 Å². The Balaban J connectivity index is 2.48. The lowest BCUT2D eigenvalue weighted by Gasteiger charge is -2.16. The molecule has 27 heavy (non-hydrogen) atoms. The van der Waals surface area contributed by atoms with Gasteiger partial charge in [-0.25, -0.2) is 0 Å². The van der Waals surface area contributed by atoms with Gasteiger partial charge in [0.05, 0.1) is 12.2 Å². The van der Waals surface area contributed by atoms with Crippen molar-refractivity contribution in [1.29, 1.82) is 0 Å². The Bertz CT molecular complexity index is 573. The number of Topliss-reactive ketones (excluding diaryl/α,β-unsaturated/α-hetero) is 1. The van der Waals surface area contributed by atoms with E-state index in [4.69, 9.17) is 5.11 Å². The summed E-state index contributed by atoms with van der Waals surface area (Å²) in [5.74, 6) is -1.32. The fourth-order valence-corrected chi connectivity index (χ4v) is 3.10. The molecule has 1 saturated carbocycles. The zero-order chi connectivity index (χ0) is 20.1. The quantitative estimate of drug-likeness (QED) is 0.453. The van der Waals surface area contributed by atoms with Gasteiger partial charge in [-0.1, -0.05) is 55.5 Å². The van der Waals surface area contributed by atoms with E-state index in [-0.39, 0.29) is 30.5 Å². The van der Waals surface area contributed by atoms with Gasteiger partial charge in [-0.15, -0.1) is 0 Å². The molecule has 1 rings (SSSR count). The molecule has 1 aliphatic rings. The van der Waals surface area contributed by atoms with E-state index in [2.05, 4.69) is 0 Å². The standard InChI is InChI=1S/C22H32O5/c1-2-3-8-11-17(23)14-15-19-18(20(24)16-21(19)25)12-9-6-4-5-7-10-13-22(26)27/h3,5-9,14-15,17-20,23-24H,2,4,10-13,16H2,1H3,(H,26,27)/b7-5-,8-3-,9-6-,15-14+/t17-,18-,19+,20+/m0/s1. The Kier molecular flexibility index (Phi) is 11.3. The summed E-state index contributed by atoms with van der Waals surface area (Å²) in [4.78, 5) is 22.5. The lowest BCUT2D eigenvalue weighted by molar-refractivity contribution is -0.136. The van der Waals surface area contributed by atoms with Crippen molar-refractivity contribution < 1.29 is 24.9 Å². The van der Waals surface area contributed by atoms with E-state index in [1.807, 2.05) is 43.4 Å². The second kappa shape index (κ2) is 13.2. The van der Waals surface area contributed by atoms with Gasteiger partial charge in [0.25, 0.3) is 0 Å². The molecule has 0 saturated heterocycles. The van der Waals surface area contributed by atoms with Crippen molar-refractivity contribution in [2.24, 2.45) is 11.8 Å². The lowest BCUT2D eigenvalue weighted by atomic mass is 9.90. The van der Waals surface area contributed by atoms with Gasteiger partial charge in [-0.05, 0) is 32.1 Å². The average Bonchev–Trinajstić information content (AvgIpc) is 2.88. The molecule has 3 N–H and O–H groups in total. The Morgan fingerprint density at radius 1 is 1.19 bits per heavy atom. The normalized spacial score (nSPS) is 24.9. The predicted molar refractivity (Wildman–Crippen MR) is 106 cm³/mol. The summed E-state index contributed by atoms with van der Waals surface area (Å²) < 4.78 is 0. The predicted octanol–water partition coefficient (Wildman–Crippen LogP) is 3.58. The molecule has 5 heteroatoms. The first-order chi connectivity index (χ1) is 13.0. The highest BCUT2D eigenvalue weighted by molar-refractivity contribution is 5.86. The van der Waals surface area contributed by atoms with Crippen molar-refractivity contribution in [2.75, 3.05) is 0 Å². The van der Waals surface area contributed by atoms with Crippen LogP contribution < -0.4 is 0 Å². The zero-order valence-corrected chi connectivity index (χ0v) is 16.0. The Morgan fingerprint density at radius 3 is 2.63 bits per heavy atom. The molecular formula is C22H32O5. The van der Waals surface area contributed by atoms with E-state index in [1.165, 1.54) is 0 Å². The van der Waals surface area contributed by atoms with Crippen LogP contribution in [0.15, 0.2) is 48.6 Å². The summed E-state index contributed by atoms with van der Waals surface area (Å²) in [7, 11) is 0. The van der Waals surface area contributed by atoms with Gasteiger partial charge >= 0.3 is 5.97 Å². The number of hydrogen-bond donors (Lipinski definition) is 3. The second-order valence-electron chi connectivity index (χ2n) is 6.84. The summed E-state index contributed by atoms with van der Waals surface area (Å²) in [6.45, 7) is 2.03. The average molecular weight is 376 g/mol. The number of hydrogen-bond acceptors (Lipinski definition) is 4. The number of carboxylic acid groups (broad SMARTS) is 1. The van der Waals surface area contributed by atoms with E-state index < -0.39 is 18.2 Å². The van der Waals surface area contributed by atoms with Gasteiger partial charge in [-0.3, -0.25) is 9.59 Å². The second-order valence-corrected chi connectivity index (χ2v) is 6.84. The Morgan fingerprint density at radius 2 is 1.93 bits per heavy atom. The van der Waals surface area contributed by atoms with Crippen LogP contribution in [-0.4, -0.2) is 39.3 Å².